The van der Waals surface area contributed by atoms with Crippen molar-refractivity contribution in [3.8, 4) is 5.75 Å². The molecule has 4 nitrogen and oxygen atoms in total. The van der Waals surface area contributed by atoms with Crippen LogP contribution in [0.2, 0.25) is 5.02 Å². The lowest BCUT2D eigenvalue weighted by Gasteiger charge is -2.07. The maximum atomic E-state index is 11.5. The number of halogens is 1. The summed E-state index contributed by atoms with van der Waals surface area (Å²) in [7, 11) is 0. The molecule has 2 rings (SSSR count). The number of hydrogen-bond acceptors (Lipinski definition) is 4. The lowest BCUT2D eigenvalue weighted by Crippen LogP contribution is -2.30. The molecular weight excluding hydrogens is 272 g/mol. The molecule has 0 spiro atoms. The monoisotopic (exact) mass is 282 g/mol. The van der Waals surface area contributed by atoms with Gasteiger partial charge in [0.15, 0.2) is 0 Å². The van der Waals surface area contributed by atoms with Crippen LogP contribution in [0, 0.1) is 0 Å². The minimum Gasteiger partial charge on any atom is -0.487 e. The van der Waals surface area contributed by atoms with E-state index in [2.05, 4.69) is 5.43 Å². The van der Waals surface area contributed by atoms with E-state index in [1.54, 1.807) is 12.1 Å². The predicted molar refractivity (Wildman–Crippen MR) is 71.8 cm³/mol. The molecule has 2 aromatic rings. The Bertz CT molecular complexity index is 557. The van der Waals surface area contributed by atoms with Gasteiger partial charge in [0.05, 0.1) is 9.90 Å². The average molecular weight is 283 g/mol. The summed E-state index contributed by atoms with van der Waals surface area (Å²) in [5, 5.41) is 2.35. The molecule has 0 unspecified atom stereocenters. The van der Waals surface area contributed by atoms with Gasteiger partial charge in [-0.05, 0) is 23.6 Å². The van der Waals surface area contributed by atoms with Crippen molar-refractivity contribution in [3.63, 3.8) is 0 Å². The van der Waals surface area contributed by atoms with E-state index >= 15 is 0 Å². The molecular formula is C12H11ClN2O2S. The predicted octanol–water partition coefficient (Wildman–Crippen LogP) is 2.58. The fourth-order valence-corrected chi connectivity index (χ4v) is 2.43. The number of thiophene rings is 1. The number of para-hydroxylation sites is 1. The van der Waals surface area contributed by atoms with Gasteiger partial charge in [0.2, 0.25) is 0 Å². The number of nitrogens with two attached hydrogens (primary N) is 1. The Kier molecular flexibility index (Phi) is 4.19. The van der Waals surface area contributed by atoms with Gasteiger partial charge in [0, 0.05) is 5.56 Å². The third-order valence-corrected chi connectivity index (χ3v) is 3.57. The zero-order valence-corrected chi connectivity index (χ0v) is 10.9. The SMILES string of the molecule is NNC(=O)c1sccc1COc1ccccc1Cl. The molecule has 94 valence electrons. The van der Waals surface area contributed by atoms with Crippen molar-refractivity contribution in [2.75, 3.05) is 0 Å². The molecule has 1 aromatic carbocycles. The molecule has 1 heterocycles. The van der Waals surface area contributed by atoms with Crippen molar-refractivity contribution < 1.29 is 9.53 Å². The summed E-state index contributed by atoms with van der Waals surface area (Å²) in [5.74, 6) is 5.38. The topological polar surface area (TPSA) is 64.3 Å². The molecule has 0 aliphatic carbocycles. The van der Waals surface area contributed by atoms with Crippen molar-refractivity contribution in [1.29, 1.82) is 0 Å². The first-order valence-corrected chi connectivity index (χ1v) is 6.42. The summed E-state index contributed by atoms with van der Waals surface area (Å²) in [6.45, 7) is 0.274. The van der Waals surface area contributed by atoms with Crippen molar-refractivity contribution in [2.24, 2.45) is 5.84 Å². The zero-order chi connectivity index (χ0) is 13.0. The highest BCUT2D eigenvalue weighted by atomic mass is 35.5. The van der Waals surface area contributed by atoms with E-state index in [9.17, 15) is 4.79 Å². The number of carbonyl (C=O) groups is 1. The summed E-state index contributed by atoms with van der Waals surface area (Å²) in [6.07, 6.45) is 0. The minimum absolute atomic E-state index is 0.274. The molecule has 0 fully saturated rings. The Labute approximate surface area is 113 Å². The highest BCUT2D eigenvalue weighted by Gasteiger charge is 2.12. The van der Waals surface area contributed by atoms with Crippen LogP contribution in [-0.4, -0.2) is 5.91 Å². The number of hydrogen-bond donors (Lipinski definition) is 2. The zero-order valence-electron chi connectivity index (χ0n) is 9.35. The van der Waals surface area contributed by atoms with Crippen LogP contribution in [0.3, 0.4) is 0 Å². The molecule has 0 saturated carbocycles. The molecule has 3 N–H and O–H groups in total. The number of ether oxygens (including phenoxy) is 1. The third-order valence-electron chi connectivity index (χ3n) is 2.30. The van der Waals surface area contributed by atoms with E-state index in [1.165, 1.54) is 11.3 Å². The Balaban J connectivity index is 2.09. The van der Waals surface area contributed by atoms with Gasteiger partial charge in [-0.15, -0.1) is 11.3 Å². The fraction of sp³-hybridized carbons (Fsp3) is 0.0833. The second-order valence-electron chi connectivity index (χ2n) is 3.47. The Morgan fingerprint density at radius 2 is 2.17 bits per heavy atom. The Morgan fingerprint density at radius 3 is 2.89 bits per heavy atom. The number of hydrazine groups is 1. The lowest BCUT2D eigenvalue weighted by molar-refractivity contribution is 0.0955. The second kappa shape index (κ2) is 5.86. The average Bonchev–Trinajstić information content (AvgIpc) is 2.85. The smallest absolute Gasteiger partial charge is 0.275 e. The maximum Gasteiger partial charge on any atom is 0.275 e. The van der Waals surface area contributed by atoms with Crippen molar-refractivity contribution >= 4 is 28.8 Å². The number of nitrogen functional groups attached to an aromatic ring is 1. The maximum absolute atomic E-state index is 11.5. The molecule has 6 heteroatoms. The van der Waals surface area contributed by atoms with Gasteiger partial charge in [-0.25, -0.2) is 5.84 Å². The third kappa shape index (κ3) is 2.81. The molecule has 0 atom stereocenters. The van der Waals surface area contributed by atoms with E-state index in [-0.39, 0.29) is 12.5 Å². The van der Waals surface area contributed by atoms with Gasteiger partial charge in [0.25, 0.3) is 5.91 Å². The van der Waals surface area contributed by atoms with Crippen molar-refractivity contribution in [2.45, 2.75) is 6.61 Å². The van der Waals surface area contributed by atoms with E-state index < -0.39 is 0 Å². The molecule has 0 aliphatic heterocycles. The van der Waals surface area contributed by atoms with Gasteiger partial charge in [-0.2, -0.15) is 0 Å². The molecule has 1 aromatic heterocycles. The van der Waals surface area contributed by atoms with Gasteiger partial charge in [-0.1, -0.05) is 23.7 Å². The quantitative estimate of drug-likeness (QED) is 0.515. The van der Waals surface area contributed by atoms with Gasteiger partial charge in [-0.3, -0.25) is 10.2 Å². The van der Waals surface area contributed by atoms with Gasteiger partial charge >= 0.3 is 0 Å². The highest BCUT2D eigenvalue weighted by Crippen LogP contribution is 2.25. The molecule has 0 radical (unpaired) electrons. The van der Waals surface area contributed by atoms with Gasteiger partial charge in [0.1, 0.15) is 12.4 Å². The summed E-state index contributed by atoms with van der Waals surface area (Å²) in [6, 6.07) is 9.01. The summed E-state index contributed by atoms with van der Waals surface area (Å²) in [4.78, 5) is 12.0. The van der Waals surface area contributed by atoms with Crippen LogP contribution in [0.1, 0.15) is 15.2 Å². The fourth-order valence-electron chi connectivity index (χ4n) is 1.43. The molecule has 18 heavy (non-hydrogen) atoms. The normalized spacial score (nSPS) is 10.1. The second-order valence-corrected chi connectivity index (χ2v) is 4.79. The van der Waals surface area contributed by atoms with E-state index in [0.29, 0.717) is 15.6 Å². The van der Waals surface area contributed by atoms with E-state index in [1.807, 2.05) is 23.6 Å². The summed E-state index contributed by atoms with van der Waals surface area (Å²) in [5.41, 5.74) is 2.89. The standard InChI is InChI=1S/C12H11ClN2O2S/c13-9-3-1-2-4-10(9)17-7-8-5-6-18-11(8)12(16)15-14/h1-6H,7,14H2,(H,15,16). The first kappa shape index (κ1) is 12.9. The first-order valence-electron chi connectivity index (χ1n) is 5.17. The molecule has 0 saturated heterocycles. The Hall–Kier alpha value is -1.56. The van der Waals surface area contributed by atoms with E-state index in [4.69, 9.17) is 22.2 Å². The Morgan fingerprint density at radius 1 is 1.39 bits per heavy atom. The minimum atomic E-state index is -0.317. The van der Waals surface area contributed by atoms with Crippen LogP contribution in [-0.2, 0) is 6.61 Å². The number of rotatable bonds is 4. The number of carbonyl (C=O) groups excluding carboxylic acids is 1. The summed E-state index contributed by atoms with van der Waals surface area (Å²) >= 11 is 7.29. The number of amides is 1. The largest absolute Gasteiger partial charge is 0.487 e. The number of nitrogens with one attached hydrogen (secondary N) is 1. The van der Waals surface area contributed by atoms with E-state index in [0.717, 1.165) is 5.56 Å². The first-order chi connectivity index (χ1) is 8.72. The summed E-state index contributed by atoms with van der Waals surface area (Å²) < 4.78 is 5.57. The van der Waals surface area contributed by atoms with Crippen LogP contribution >= 0.6 is 22.9 Å². The number of benzene rings is 1. The van der Waals surface area contributed by atoms with Crippen LogP contribution in [0.5, 0.6) is 5.75 Å². The molecule has 1 amide bonds. The van der Waals surface area contributed by atoms with Crippen LogP contribution < -0.4 is 16.0 Å². The molecule has 0 bridgehead atoms. The van der Waals surface area contributed by atoms with Crippen LogP contribution in [0.15, 0.2) is 35.7 Å². The molecule has 0 aliphatic rings. The highest BCUT2D eigenvalue weighted by molar-refractivity contribution is 7.12. The van der Waals surface area contributed by atoms with Crippen LogP contribution in [0.25, 0.3) is 0 Å². The van der Waals surface area contributed by atoms with Crippen molar-refractivity contribution in [3.05, 3.63) is 51.2 Å². The lowest BCUT2D eigenvalue weighted by atomic mass is 10.2. The van der Waals surface area contributed by atoms with Crippen LogP contribution in [0.4, 0.5) is 0 Å². The van der Waals surface area contributed by atoms with Gasteiger partial charge < -0.3 is 4.74 Å². The van der Waals surface area contributed by atoms with Crippen molar-refractivity contribution in [1.82, 2.24) is 5.43 Å².